The van der Waals surface area contributed by atoms with E-state index in [2.05, 4.69) is 22.3 Å². The number of nitro groups is 1. The maximum absolute atomic E-state index is 12.4. The molecule has 28 heavy (non-hydrogen) atoms. The van der Waals surface area contributed by atoms with Crippen LogP contribution in [0.4, 0.5) is 28.4 Å². The fourth-order valence-corrected chi connectivity index (χ4v) is 3.38. The molecule has 1 amide bonds. The summed E-state index contributed by atoms with van der Waals surface area (Å²) in [5.41, 5.74) is 9.68. The van der Waals surface area contributed by atoms with Crippen LogP contribution in [0.2, 0.25) is 0 Å². The molecule has 0 spiro atoms. The van der Waals surface area contributed by atoms with Gasteiger partial charge in [0.2, 0.25) is 0 Å². The van der Waals surface area contributed by atoms with Crippen molar-refractivity contribution in [3.63, 3.8) is 0 Å². The zero-order valence-electron chi connectivity index (χ0n) is 15.0. The van der Waals surface area contributed by atoms with Crippen LogP contribution < -0.4 is 16.0 Å². The van der Waals surface area contributed by atoms with E-state index in [-0.39, 0.29) is 16.9 Å². The number of anilines is 4. The minimum Gasteiger partial charge on any atom is -0.393 e. The van der Waals surface area contributed by atoms with Crippen LogP contribution >= 0.6 is 0 Å². The summed E-state index contributed by atoms with van der Waals surface area (Å²) < 4.78 is 0. The number of nitro benzene ring substituents is 1. The summed E-state index contributed by atoms with van der Waals surface area (Å²) in [6.07, 6.45) is 1.00. The average molecular weight is 374 g/mol. The monoisotopic (exact) mass is 374 g/mol. The highest BCUT2D eigenvalue weighted by atomic mass is 16.6. The van der Waals surface area contributed by atoms with Crippen LogP contribution in [-0.4, -0.2) is 17.4 Å². The minimum atomic E-state index is -0.602. The molecule has 1 heterocycles. The number of benzene rings is 3. The van der Waals surface area contributed by atoms with Gasteiger partial charge < -0.3 is 16.0 Å². The number of hydrogen-bond acceptors (Lipinski definition) is 5. The lowest BCUT2D eigenvalue weighted by Crippen LogP contribution is -2.14. The van der Waals surface area contributed by atoms with E-state index in [1.165, 1.54) is 29.4 Å². The van der Waals surface area contributed by atoms with Crippen LogP contribution in [-0.2, 0) is 6.42 Å². The Labute approximate surface area is 161 Å². The molecule has 140 valence electrons. The van der Waals surface area contributed by atoms with Gasteiger partial charge in [-0.25, -0.2) is 0 Å². The van der Waals surface area contributed by atoms with Crippen molar-refractivity contribution < 1.29 is 9.72 Å². The third-order valence-corrected chi connectivity index (χ3v) is 4.81. The number of para-hydroxylation sites is 1. The smallest absolute Gasteiger partial charge is 0.292 e. The molecule has 0 atom stereocenters. The number of amides is 1. The number of nitrogens with zero attached hydrogens (tertiary/aromatic N) is 2. The van der Waals surface area contributed by atoms with Crippen molar-refractivity contribution in [1.29, 1.82) is 0 Å². The number of hydrogen-bond donors (Lipinski definition) is 2. The maximum Gasteiger partial charge on any atom is 0.292 e. The predicted molar refractivity (Wildman–Crippen MR) is 109 cm³/mol. The van der Waals surface area contributed by atoms with Crippen molar-refractivity contribution in [2.75, 3.05) is 22.5 Å². The summed E-state index contributed by atoms with van der Waals surface area (Å²) in [5.74, 6) is -0.428. The predicted octanol–water partition coefficient (Wildman–Crippen LogP) is 4.12. The molecule has 3 N–H and O–H groups in total. The molecule has 3 aromatic rings. The van der Waals surface area contributed by atoms with Gasteiger partial charge in [0.25, 0.3) is 11.6 Å². The van der Waals surface area contributed by atoms with Crippen molar-refractivity contribution in [3.05, 3.63) is 88.0 Å². The standard InChI is InChI=1S/C21H18N4O3/c22-18-10-5-15(13-20(18)25(27)28)21(26)23-16-6-8-17(9-7-16)24-12-11-14-3-1-2-4-19(14)24/h1-10,13H,11-12,22H2,(H,23,26). The Hall–Kier alpha value is -3.87. The Balaban J connectivity index is 1.50. The lowest BCUT2D eigenvalue weighted by atomic mass is 10.1. The number of nitrogen functional groups attached to an aromatic ring is 1. The summed E-state index contributed by atoms with van der Waals surface area (Å²) >= 11 is 0. The molecular formula is C21H18N4O3. The molecule has 0 saturated heterocycles. The molecule has 1 aliphatic rings. The van der Waals surface area contributed by atoms with Gasteiger partial charge in [-0.3, -0.25) is 14.9 Å². The minimum absolute atomic E-state index is 0.0248. The molecule has 0 unspecified atom stereocenters. The van der Waals surface area contributed by atoms with Crippen molar-refractivity contribution in [3.8, 4) is 0 Å². The fraction of sp³-hybridized carbons (Fsp3) is 0.0952. The summed E-state index contributed by atoms with van der Waals surface area (Å²) in [5, 5.41) is 13.8. The molecular weight excluding hydrogens is 356 g/mol. The molecule has 0 aromatic heterocycles. The summed E-state index contributed by atoms with van der Waals surface area (Å²) in [4.78, 5) is 25.1. The highest BCUT2D eigenvalue weighted by Gasteiger charge is 2.20. The molecule has 0 saturated carbocycles. The molecule has 7 heteroatoms. The van der Waals surface area contributed by atoms with Crippen LogP contribution in [0.25, 0.3) is 0 Å². The summed E-state index contributed by atoms with van der Waals surface area (Å²) in [6, 6.07) is 19.8. The van der Waals surface area contributed by atoms with E-state index < -0.39 is 10.8 Å². The van der Waals surface area contributed by atoms with Gasteiger partial charge >= 0.3 is 0 Å². The van der Waals surface area contributed by atoms with E-state index in [1.54, 1.807) is 0 Å². The lowest BCUT2D eigenvalue weighted by molar-refractivity contribution is -0.383. The number of carbonyl (C=O) groups is 1. The first kappa shape index (κ1) is 17.5. The number of rotatable bonds is 4. The van der Waals surface area contributed by atoms with Gasteiger partial charge in [0, 0.05) is 35.2 Å². The van der Waals surface area contributed by atoms with Gasteiger partial charge in [0.05, 0.1) is 4.92 Å². The van der Waals surface area contributed by atoms with Crippen LogP contribution in [0.3, 0.4) is 0 Å². The van der Waals surface area contributed by atoms with Gasteiger partial charge in [0.15, 0.2) is 0 Å². The Morgan fingerprint density at radius 2 is 1.82 bits per heavy atom. The van der Waals surface area contributed by atoms with Gasteiger partial charge in [-0.2, -0.15) is 0 Å². The van der Waals surface area contributed by atoms with E-state index in [4.69, 9.17) is 5.73 Å². The number of nitrogens with one attached hydrogen (secondary N) is 1. The number of nitrogens with two attached hydrogens (primary N) is 1. The molecule has 0 aliphatic carbocycles. The molecule has 3 aromatic carbocycles. The second kappa shape index (κ2) is 7.03. The Kier molecular flexibility index (Phi) is 4.41. The fourth-order valence-electron chi connectivity index (χ4n) is 3.38. The zero-order chi connectivity index (χ0) is 19.7. The van der Waals surface area contributed by atoms with Crippen molar-refractivity contribution >= 4 is 34.3 Å². The van der Waals surface area contributed by atoms with Gasteiger partial charge in [-0.15, -0.1) is 0 Å². The second-order valence-corrected chi connectivity index (χ2v) is 6.56. The van der Waals surface area contributed by atoms with Crippen molar-refractivity contribution in [2.45, 2.75) is 6.42 Å². The average Bonchev–Trinajstić information content (AvgIpc) is 3.13. The van der Waals surface area contributed by atoms with E-state index in [0.29, 0.717) is 5.69 Å². The Morgan fingerprint density at radius 1 is 1.07 bits per heavy atom. The van der Waals surface area contributed by atoms with Crippen LogP contribution in [0.5, 0.6) is 0 Å². The number of carbonyl (C=O) groups excluding carboxylic acids is 1. The molecule has 1 aliphatic heterocycles. The van der Waals surface area contributed by atoms with Crippen molar-refractivity contribution in [2.24, 2.45) is 0 Å². The largest absolute Gasteiger partial charge is 0.393 e. The van der Waals surface area contributed by atoms with E-state index in [0.717, 1.165) is 18.7 Å². The first-order valence-corrected chi connectivity index (χ1v) is 8.84. The van der Waals surface area contributed by atoms with Crippen LogP contribution in [0, 0.1) is 10.1 Å². The molecule has 0 fully saturated rings. The van der Waals surface area contributed by atoms with Crippen LogP contribution in [0.15, 0.2) is 66.7 Å². The third-order valence-electron chi connectivity index (χ3n) is 4.81. The molecule has 7 nitrogen and oxygen atoms in total. The third kappa shape index (κ3) is 3.25. The molecule has 0 radical (unpaired) electrons. The summed E-state index contributed by atoms with van der Waals surface area (Å²) in [7, 11) is 0. The molecule has 0 bridgehead atoms. The summed E-state index contributed by atoms with van der Waals surface area (Å²) in [6.45, 7) is 0.917. The lowest BCUT2D eigenvalue weighted by Gasteiger charge is -2.20. The Morgan fingerprint density at radius 3 is 2.57 bits per heavy atom. The zero-order valence-corrected chi connectivity index (χ0v) is 15.0. The normalized spacial score (nSPS) is 12.5. The van der Waals surface area contributed by atoms with Crippen LogP contribution in [0.1, 0.15) is 15.9 Å². The van der Waals surface area contributed by atoms with Gasteiger partial charge in [-0.05, 0) is 54.4 Å². The topological polar surface area (TPSA) is 102 Å². The van der Waals surface area contributed by atoms with E-state index in [9.17, 15) is 14.9 Å². The van der Waals surface area contributed by atoms with Crippen molar-refractivity contribution in [1.82, 2.24) is 0 Å². The van der Waals surface area contributed by atoms with E-state index >= 15 is 0 Å². The highest BCUT2D eigenvalue weighted by molar-refractivity contribution is 6.05. The van der Waals surface area contributed by atoms with E-state index in [1.807, 2.05) is 36.4 Å². The Bertz CT molecular complexity index is 1060. The first-order chi connectivity index (χ1) is 13.5. The second-order valence-electron chi connectivity index (χ2n) is 6.56. The van der Waals surface area contributed by atoms with Gasteiger partial charge in [-0.1, -0.05) is 18.2 Å². The first-order valence-electron chi connectivity index (χ1n) is 8.84. The highest BCUT2D eigenvalue weighted by Crippen LogP contribution is 2.34. The maximum atomic E-state index is 12.4. The SMILES string of the molecule is Nc1ccc(C(=O)Nc2ccc(N3CCc4ccccc43)cc2)cc1[N+](=O)[O-]. The van der Waals surface area contributed by atoms with Gasteiger partial charge in [0.1, 0.15) is 5.69 Å². The quantitative estimate of drug-likeness (QED) is 0.406. The molecule has 4 rings (SSSR count). The number of fused-ring (bicyclic) bond motifs is 1.